The molecule has 20 heavy (non-hydrogen) atoms. The van der Waals surface area contributed by atoms with Gasteiger partial charge in [0.25, 0.3) is 11.8 Å². The van der Waals surface area contributed by atoms with Crippen LogP contribution in [0.3, 0.4) is 0 Å². The highest BCUT2D eigenvalue weighted by Gasteiger charge is 2.24. The van der Waals surface area contributed by atoms with Crippen molar-refractivity contribution in [2.45, 2.75) is 18.9 Å². The highest BCUT2D eigenvalue weighted by Crippen LogP contribution is 2.04. The van der Waals surface area contributed by atoms with E-state index in [9.17, 15) is 19.2 Å². The second-order valence-corrected chi connectivity index (χ2v) is 4.05. The van der Waals surface area contributed by atoms with E-state index in [-0.39, 0.29) is 19.4 Å². The standard InChI is InChI=1S/C13H15N3O4/c1-3-4-9(13(20)14-2)15-10(17)7-8-16-11(18)5-6-12(16)19/h1,5-6,9H,4,7-8H2,2H3,(H,14,20)(H,15,17)/t9-/m0/s1. The van der Waals surface area contributed by atoms with E-state index in [0.29, 0.717) is 0 Å². The van der Waals surface area contributed by atoms with Crippen LogP contribution in [0.15, 0.2) is 12.2 Å². The van der Waals surface area contributed by atoms with E-state index in [0.717, 1.165) is 17.1 Å². The predicted octanol–water partition coefficient (Wildman–Crippen LogP) is -1.44. The first-order chi connectivity index (χ1) is 9.49. The molecule has 0 saturated carbocycles. The third-order valence-electron chi connectivity index (χ3n) is 2.68. The van der Waals surface area contributed by atoms with Gasteiger partial charge in [-0.2, -0.15) is 0 Å². The number of hydrogen-bond acceptors (Lipinski definition) is 4. The van der Waals surface area contributed by atoms with E-state index in [4.69, 9.17) is 6.42 Å². The Labute approximate surface area is 116 Å². The van der Waals surface area contributed by atoms with Crippen molar-refractivity contribution in [3.05, 3.63) is 12.2 Å². The number of carbonyl (C=O) groups excluding carboxylic acids is 4. The molecule has 0 spiro atoms. The topological polar surface area (TPSA) is 95.6 Å². The van der Waals surface area contributed by atoms with Crippen molar-refractivity contribution in [1.82, 2.24) is 15.5 Å². The molecule has 0 bridgehead atoms. The van der Waals surface area contributed by atoms with Crippen LogP contribution in [0.1, 0.15) is 12.8 Å². The molecular formula is C13H15N3O4. The first-order valence-corrected chi connectivity index (χ1v) is 5.97. The minimum atomic E-state index is -0.819. The third-order valence-corrected chi connectivity index (χ3v) is 2.68. The minimum Gasteiger partial charge on any atom is -0.357 e. The molecule has 1 aliphatic rings. The van der Waals surface area contributed by atoms with Gasteiger partial charge in [0.2, 0.25) is 11.8 Å². The van der Waals surface area contributed by atoms with Crippen molar-refractivity contribution in [3.8, 4) is 12.3 Å². The Morgan fingerprint density at radius 3 is 2.45 bits per heavy atom. The number of terminal acetylenes is 1. The first-order valence-electron chi connectivity index (χ1n) is 5.97. The molecule has 0 fully saturated rings. The number of nitrogens with zero attached hydrogens (tertiary/aromatic N) is 1. The van der Waals surface area contributed by atoms with Gasteiger partial charge < -0.3 is 10.6 Å². The lowest BCUT2D eigenvalue weighted by atomic mass is 10.2. The van der Waals surface area contributed by atoms with Gasteiger partial charge in [-0.15, -0.1) is 12.3 Å². The van der Waals surface area contributed by atoms with Crippen molar-refractivity contribution in [2.75, 3.05) is 13.6 Å². The lowest BCUT2D eigenvalue weighted by Gasteiger charge is -2.17. The van der Waals surface area contributed by atoms with Crippen LogP contribution >= 0.6 is 0 Å². The predicted molar refractivity (Wildman–Crippen MR) is 69.9 cm³/mol. The van der Waals surface area contributed by atoms with Gasteiger partial charge in [0, 0.05) is 38.6 Å². The van der Waals surface area contributed by atoms with Gasteiger partial charge in [-0.1, -0.05) is 0 Å². The van der Waals surface area contributed by atoms with Gasteiger partial charge in [-0.05, 0) is 0 Å². The average Bonchev–Trinajstić information content (AvgIpc) is 2.74. The maximum atomic E-state index is 11.7. The zero-order valence-electron chi connectivity index (χ0n) is 11.0. The van der Waals surface area contributed by atoms with Gasteiger partial charge in [-0.25, -0.2) is 0 Å². The Kier molecular flexibility index (Phi) is 5.47. The number of rotatable bonds is 6. The van der Waals surface area contributed by atoms with Gasteiger partial charge in [0.05, 0.1) is 0 Å². The van der Waals surface area contributed by atoms with E-state index in [1.165, 1.54) is 7.05 Å². The Morgan fingerprint density at radius 2 is 1.95 bits per heavy atom. The second-order valence-electron chi connectivity index (χ2n) is 4.05. The Bertz CT molecular complexity index is 486. The summed E-state index contributed by atoms with van der Waals surface area (Å²) in [6.45, 7) is -0.0347. The van der Waals surface area contributed by atoms with E-state index in [1.807, 2.05) is 0 Å². The molecule has 0 radical (unpaired) electrons. The number of likely N-dealkylation sites (N-methyl/N-ethyl adjacent to an activating group) is 1. The lowest BCUT2D eigenvalue weighted by molar-refractivity contribution is -0.137. The fourth-order valence-electron chi connectivity index (χ4n) is 1.63. The summed E-state index contributed by atoms with van der Waals surface area (Å²) in [5.41, 5.74) is 0. The molecule has 106 valence electrons. The fourth-order valence-corrected chi connectivity index (χ4v) is 1.63. The maximum absolute atomic E-state index is 11.7. The molecule has 1 atom stereocenters. The lowest BCUT2D eigenvalue weighted by Crippen LogP contribution is -2.46. The van der Waals surface area contributed by atoms with Crippen LogP contribution in [0.5, 0.6) is 0 Å². The summed E-state index contributed by atoms with van der Waals surface area (Å²) in [5, 5.41) is 4.85. The largest absolute Gasteiger partial charge is 0.357 e. The molecule has 4 amide bonds. The highest BCUT2D eigenvalue weighted by molar-refractivity contribution is 6.13. The Hall–Kier alpha value is -2.62. The van der Waals surface area contributed by atoms with Crippen molar-refractivity contribution >= 4 is 23.6 Å². The van der Waals surface area contributed by atoms with Crippen LogP contribution in [0.4, 0.5) is 0 Å². The van der Waals surface area contributed by atoms with Gasteiger partial charge in [0.1, 0.15) is 6.04 Å². The number of imide groups is 1. The molecule has 0 aromatic carbocycles. The number of carbonyl (C=O) groups is 4. The van der Waals surface area contributed by atoms with Crippen LogP contribution in [0.25, 0.3) is 0 Å². The number of hydrogen-bond donors (Lipinski definition) is 2. The quantitative estimate of drug-likeness (QED) is 0.459. The zero-order valence-corrected chi connectivity index (χ0v) is 11.0. The van der Waals surface area contributed by atoms with E-state index in [1.54, 1.807) is 0 Å². The van der Waals surface area contributed by atoms with Crippen molar-refractivity contribution in [2.24, 2.45) is 0 Å². The molecule has 0 aliphatic carbocycles. The zero-order chi connectivity index (χ0) is 15.1. The van der Waals surface area contributed by atoms with Crippen LogP contribution in [-0.2, 0) is 19.2 Å². The van der Waals surface area contributed by atoms with E-state index in [2.05, 4.69) is 16.6 Å². The monoisotopic (exact) mass is 277 g/mol. The van der Waals surface area contributed by atoms with E-state index >= 15 is 0 Å². The average molecular weight is 277 g/mol. The summed E-state index contributed by atoms with van der Waals surface area (Å²) in [6.07, 6.45) is 7.39. The van der Waals surface area contributed by atoms with Crippen molar-refractivity contribution in [1.29, 1.82) is 0 Å². The number of nitrogens with one attached hydrogen (secondary N) is 2. The highest BCUT2D eigenvalue weighted by atomic mass is 16.2. The van der Waals surface area contributed by atoms with Crippen LogP contribution in [-0.4, -0.2) is 48.2 Å². The van der Waals surface area contributed by atoms with E-state index < -0.39 is 29.7 Å². The second kappa shape index (κ2) is 7.09. The number of amides is 4. The molecule has 1 rings (SSSR count). The normalized spacial score (nSPS) is 14.9. The fraction of sp³-hybridized carbons (Fsp3) is 0.385. The minimum absolute atomic E-state index is 0.0347. The maximum Gasteiger partial charge on any atom is 0.253 e. The molecule has 0 unspecified atom stereocenters. The Morgan fingerprint density at radius 1 is 1.35 bits per heavy atom. The molecule has 7 nitrogen and oxygen atoms in total. The van der Waals surface area contributed by atoms with Crippen LogP contribution in [0, 0.1) is 12.3 Å². The van der Waals surface area contributed by atoms with Gasteiger partial charge >= 0.3 is 0 Å². The van der Waals surface area contributed by atoms with Gasteiger partial charge in [-0.3, -0.25) is 24.1 Å². The van der Waals surface area contributed by atoms with Crippen LogP contribution in [0.2, 0.25) is 0 Å². The summed E-state index contributed by atoms with van der Waals surface area (Å²) in [7, 11) is 1.44. The summed E-state index contributed by atoms with van der Waals surface area (Å²) in [4.78, 5) is 46.6. The molecule has 0 aromatic rings. The Balaban J connectivity index is 2.46. The summed E-state index contributed by atoms with van der Waals surface area (Å²) >= 11 is 0. The molecule has 1 aliphatic heterocycles. The summed E-state index contributed by atoms with van der Waals surface area (Å²) in [6, 6.07) is -0.819. The summed E-state index contributed by atoms with van der Waals surface area (Å²) < 4.78 is 0. The summed E-state index contributed by atoms with van der Waals surface area (Å²) in [5.74, 6) is 0.542. The van der Waals surface area contributed by atoms with Crippen molar-refractivity contribution < 1.29 is 19.2 Å². The van der Waals surface area contributed by atoms with Crippen molar-refractivity contribution in [3.63, 3.8) is 0 Å². The smallest absolute Gasteiger partial charge is 0.253 e. The molecule has 1 heterocycles. The van der Waals surface area contributed by atoms with Crippen LogP contribution < -0.4 is 10.6 Å². The van der Waals surface area contributed by atoms with Gasteiger partial charge in [0.15, 0.2) is 0 Å². The molecular weight excluding hydrogens is 262 g/mol. The molecule has 0 saturated heterocycles. The third kappa shape index (κ3) is 3.95. The molecule has 7 heteroatoms. The SMILES string of the molecule is C#CC[C@H](NC(=O)CCN1C(=O)C=CC1=O)C(=O)NC. The molecule has 0 aromatic heterocycles. The first kappa shape index (κ1) is 15.4. The molecule has 2 N–H and O–H groups in total.